The summed E-state index contributed by atoms with van der Waals surface area (Å²) in [7, 11) is 0. The van der Waals surface area contributed by atoms with Gasteiger partial charge in [0.15, 0.2) is 0 Å². The third kappa shape index (κ3) is 3.93. The lowest BCUT2D eigenvalue weighted by Crippen LogP contribution is -2.40. The van der Waals surface area contributed by atoms with E-state index >= 15 is 0 Å². The maximum Gasteiger partial charge on any atom is 0.328 e. The van der Waals surface area contributed by atoms with E-state index in [1.807, 2.05) is 0 Å². The molecule has 0 spiro atoms. The summed E-state index contributed by atoms with van der Waals surface area (Å²) in [4.78, 5) is 29.3. The van der Waals surface area contributed by atoms with E-state index in [-0.39, 0.29) is 11.2 Å². The van der Waals surface area contributed by atoms with E-state index in [1.54, 1.807) is 24.3 Å². The molecule has 0 aliphatic carbocycles. The third-order valence-electron chi connectivity index (χ3n) is 3.36. The van der Waals surface area contributed by atoms with E-state index in [4.69, 9.17) is 0 Å². The molecule has 2 aromatic rings. The molecule has 0 aliphatic heterocycles. The van der Waals surface area contributed by atoms with Crippen LogP contribution in [0.4, 0.5) is 0 Å². The van der Waals surface area contributed by atoms with Crippen LogP contribution in [-0.2, 0) is 6.54 Å². The summed E-state index contributed by atoms with van der Waals surface area (Å²) in [6.45, 7) is 2.61. The molecule has 0 radical (unpaired) electrons. The molecule has 0 saturated heterocycles. The van der Waals surface area contributed by atoms with E-state index in [0.717, 1.165) is 24.6 Å². The van der Waals surface area contributed by atoms with Crippen molar-refractivity contribution in [1.29, 1.82) is 0 Å². The molecule has 0 unspecified atom stereocenters. The summed E-state index contributed by atoms with van der Waals surface area (Å²) < 4.78 is 1.26. The van der Waals surface area contributed by atoms with Crippen LogP contribution in [0.5, 0.6) is 0 Å². The average Bonchev–Trinajstić information content (AvgIpc) is 2.47. The number of hydrogen-bond donors (Lipinski definition) is 3. The van der Waals surface area contributed by atoms with Gasteiger partial charge in [0, 0.05) is 37.7 Å². The van der Waals surface area contributed by atoms with Gasteiger partial charge in [-0.2, -0.15) is 25.3 Å². The molecule has 0 amide bonds. The Hall–Kier alpha value is -1.18. The van der Waals surface area contributed by atoms with Crippen LogP contribution in [0.15, 0.2) is 33.9 Å². The molecule has 0 bridgehead atoms. The van der Waals surface area contributed by atoms with Crippen LogP contribution in [0.1, 0.15) is 0 Å². The van der Waals surface area contributed by atoms with Crippen molar-refractivity contribution < 1.29 is 0 Å². The number of aromatic nitrogens is 2. The highest BCUT2D eigenvalue weighted by atomic mass is 32.1. The van der Waals surface area contributed by atoms with Crippen molar-refractivity contribution in [1.82, 2.24) is 14.5 Å². The maximum absolute atomic E-state index is 12.4. The summed E-state index contributed by atoms with van der Waals surface area (Å²) >= 11 is 8.44. The number of H-pyrrole nitrogens is 1. The molecule has 7 heteroatoms. The van der Waals surface area contributed by atoms with Gasteiger partial charge >= 0.3 is 5.69 Å². The lowest BCUT2D eigenvalue weighted by Gasteiger charge is -2.20. The molecule has 0 saturated carbocycles. The molecule has 1 N–H and O–H groups in total. The van der Waals surface area contributed by atoms with Crippen molar-refractivity contribution >= 4 is 36.2 Å². The second-order valence-corrected chi connectivity index (χ2v) is 5.62. The molecule has 5 nitrogen and oxygen atoms in total. The Morgan fingerprint density at radius 3 is 2.38 bits per heavy atom. The number of nitrogens with one attached hydrogen (secondary N) is 1. The Morgan fingerprint density at radius 2 is 1.71 bits per heavy atom. The Morgan fingerprint density at radius 1 is 1.05 bits per heavy atom. The molecule has 1 aromatic carbocycles. The van der Waals surface area contributed by atoms with Gasteiger partial charge in [-0.25, -0.2) is 4.79 Å². The lowest BCUT2D eigenvalue weighted by molar-refractivity contribution is 0.292. The topological polar surface area (TPSA) is 58.1 Å². The second-order valence-electron chi connectivity index (χ2n) is 4.72. The first-order chi connectivity index (χ1) is 10.2. The van der Waals surface area contributed by atoms with Crippen LogP contribution < -0.4 is 11.2 Å². The number of thiol groups is 2. The van der Waals surface area contributed by atoms with E-state index in [0.29, 0.717) is 24.0 Å². The zero-order valence-corrected chi connectivity index (χ0v) is 13.4. The number of para-hydroxylation sites is 1. The number of aromatic amines is 1. The van der Waals surface area contributed by atoms with Crippen LogP contribution in [0, 0.1) is 0 Å². The molecule has 2 rings (SSSR count). The number of benzene rings is 1. The summed E-state index contributed by atoms with van der Waals surface area (Å²) in [6, 6.07) is 7.05. The molecule has 0 atom stereocenters. The van der Waals surface area contributed by atoms with Gasteiger partial charge in [-0.15, -0.1) is 0 Å². The standard InChI is InChI=1S/C14H19N3O2S2/c18-13-11-3-1-2-4-12(11)15-14(19)17(13)6-5-16(7-9-20)8-10-21/h1-4,20-21H,5-10H2,(H,15,19). The van der Waals surface area contributed by atoms with Crippen LogP contribution in [0.25, 0.3) is 10.9 Å². The normalized spacial score (nSPS) is 11.4. The van der Waals surface area contributed by atoms with E-state index in [1.165, 1.54) is 4.57 Å². The lowest BCUT2D eigenvalue weighted by atomic mass is 10.2. The van der Waals surface area contributed by atoms with Crippen molar-refractivity contribution in [2.75, 3.05) is 31.1 Å². The van der Waals surface area contributed by atoms with Gasteiger partial charge in [-0.05, 0) is 12.1 Å². The highest BCUT2D eigenvalue weighted by Crippen LogP contribution is 2.03. The predicted octanol–water partition coefficient (Wildman–Crippen LogP) is 0.851. The average molecular weight is 325 g/mol. The van der Waals surface area contributed by atoms with Gasteiger partial charge in [0.2, 0.25) is 0 Å². The third-order valence-corrected chi connectivity index (χ3v) is 3.76. The highest BCUT2D eigenvalue weighted by molar-refractivity contribution is 7.80. The monoisotopic (exact) mass is 325 g/mol. The fourth-order valence-electron chi connectivity index (χ4n) is 2.26. The van der Waals surface area contributed by atoms with Crippen LogP contribution >= 0.6 is 25.3 Å². The fourth-order valence-corrected chi connectivity index (χ4v) is 2.83. The highest BCUT2D eigenvalue weighted by Gasteiger charge is 2.09. The smallest absolute Gasteiger partial charge is 0.307 e. The van der Waals surface area contributed by atoms with Gasteiger partial charge in [0.25, 0.3) is 5.56 Å². The first kappa shape index (κ1) is 16.2. The molecule has 0 aliphatic rings. The first-order valence-electron chi connectivity index (χ1n) is 6.83. The zero-order chi connectivity index (χ0) is 15.2. The van der Waals surface area contributed by atoms with Crippen molar-refractivity contribution in [2.24, 2.45) is 0 Å². The number of hydrogen-bond acceptors (Lipinski definition) is 5. The largest absolute Gasteiger partial charge is 0.328 e. The molecule has 1 aromatic heterocycles. The minimum atomic E-state index is -0.365. The molecule has 1 heterocycles. The van der Waals surface area contributed by atoms with Crippen molar-refractivity contribution in [2.45, 2.75) is 6.54 Å². The Kier molecular flexibility index (Phi) is 5.96. The summed E-state index contributed by atoms with van der Waals surface area (Å²) in [5, 5.41) is 0.534. The summed E-state index contributed by atoms with van der Waals surface area (Å²) in [6.07, 6.45) is 0. The van der Waals surface area contributed by atoms with E-state index in [9.17, 15) is 9.59 Å². The molecule has 0 fully saturated rings. The van der Waals surface area contributed by atoms with Crippen LogP contribution in [-0.4, -0.2) is 45.6 Å². The van der Waals surface area contributed by atoms with Crippen LogP contribution in [0.3, 0.4) is 0 Å². The van der Waals surface area contributed by atoms with E-state index in [2.05, 4.69) is 35.1 Å². The first-order valence-corrected chi connectivity index (χ1v) is 8.10. The van der Waals surface area contributed by atoms with Crippen molar-refractivity contribution in [3.63, 3.8) is 0 Å². The Bertz CT molecular complexity index is 705. The zero-order valence-electron chi connectivity index (χ0n) is 11.7. The minimum Gasteiger partial charge on any atom is -0.307 e. The molecular formula is C14H19N3O2S2. The molecular weight excluding hydrogens is 306 g/mol. The second kappa shape index (κ2) is 7.72. The number of nitrogens with zero attached hydrogens (tertiary/aromatic N) is 2. The predicted molar refractivity (Wildman–Crippen MR) is 93.0 cm³/mol. The minimum absolute atomic E-state index is 0.244. The van der Waals surface area contributed by atoms with E-state index < -0.39 is 0 Å². The maximum atomic E-state index is 12.4. The summed E-state index contributed by atoms with van der Waals surface area (Å²) in [5.41, 5.74) is -0.0345. The van der Waals surface area contributed by atoms with Gasteiger partial charge < -0.3 is 4.98 Å². The van der Waals surface area contributed by atoms with Crippen molar-refractivity contribution in [3.05, 3.63) is 45.1 Å². The van der Waals surface area contributed by atoms with Gasteiger partial charge in [0.05, 0.1) is 10.9 Å². The Balaban J connectivity index is 2.26. The van der Waals surface area contributed by atoms with Gasteiger partial charge in [-0.1, -0.05) is 12.1 Å². The number of fused-ring (bicyclic) bond motifs is 1. The molecule has 21 heavy (non-hydrogen) atoms. The van der Waals surface area contributed by atoms with Crippen molar-refractivity contribution in [3.8, 4) is 0 Å². The van der Waals surface area contributed by atoms with Crippen LogP contribution in [0.2, 0.25) is 0 Å². The quantitative estimate of drug-likeness (QED) is 0.662. The van der Waals surface area contributed by atoms with Gasteiger partial charge in [0.1, 0.15) is 0 Å². The number of rotatable bonds is 7. The summed E-state index contributed by atoms with van der Waals surface area (Å²) in [5.74, 6) is 1.47. The fraction of sp³-hybridized carbons (Fsp3) is 0.429. The Labute approximate surface area is 133 Å². The van der Waals surface area contributed by atoms with Gasteiger partial charge in [-0.3, -0.25) is 14.3 Å². The molecule has 114 valence electrons. The SMILES string of the molecule is O=c1[nH]c2ccccc2c(=O)n1CCN(CCS)CCS.